The van der Waals surface area contributed by atoms with Gasteiger partial charge in [0.25, 0.3) is 0 Å². The topological polar surface area (TPSA) is 114 Å². The largest absolute Gasteiger partial charge is 0.383 e. The van der Waals surface area contributed by atoms with Crippen LogP contribution in [0, 0.1) is 0 Å². The van der Waals surface area contributed by atoms with Gasteiger partial charge >= 0.3 is 0 Å². The Bertz CT molecular complexity index is 734. The molecule has 1 aliphatic rings. The molecule has 0 unspecified atom stereocenters. The van der Waals surface area contributed by atoms with E-state index in [-0.39, 0.29) is 34.8 Å². The molecule has 0 saturated heterocycles. The van der Waals surface area contributed by atoms with Crippen molar-refractivity contribution < 1.29 is 21.6 Å². The van der Waals surface area contributed by atoms with Crippen LogP contribution < -0.4 is 14.8 Å². The van der Waals surface area contributed by atoms with Crippen molar-refractivity contribution in [2.24, 2.45) is 0 Å². The molecule has 1 fully saturated rings. The molecule has 0 heterocycles. The summed E-state index contributed by atoms with van der Waals surface area (Å²) in [5.74, 6) is 0. The minimum absolute atomic E-state index is 0. The van der Waals surface area contributed by atoms with Crippen molar-refractivity contribution in [2.75, 3.05) is 33.4 Å². The lowest BCUT2D eigenvalue weighted by molar-refractivity contribution is 0.199. The van der Waals surface area contributed by atoms with Crippen LogP contribution in [0.1, 0.15) is 12.8 Å². The Morgan fingerprint density at radius 2 is 1.52 bits per heavy atom. The first-order valence-electron chi connectivity index (χ1n) is 7.67. The molecule has 0 aromatic heterocycles. The van der Waals surface area contributed by atoms with E-state index in [1.54, 1.807) is 7.11 Å². The Balaban J connectivity index is 0.00000312. The van der Waals surface area contributed by atoms with Gasteiger partial charge in [-0.3, -0.25) is 0 Å². The zero-order chi connectivity index (χ0) is 17.6. The number of ether oxygens (including phenoxy) is 1. The lowest BCUT2D eigenvalue weighted by Gasteiger charge is -2.09. The third-order valence-electron chi connectivity index (χ3n) is 3.42. The Morgan fingerprint density at radius 3 is 2.04 bits per heavy atom. The Morgan fingerprint density at radius 1 is 0.960 bits per heavy atom. The van der Waals surface area contributed by atoms with Crippen molar-refractivity contribution in [3.05, 3.63) is 24.3 Å². The van der Waals surface area contributed by atoms with Crippen LogP contribution in [-0.4, -0.2) is 56.2 Å². The van der Waals surface area contributed by atoms with Crippen LogP contribution in [0.2, 0.25) is 0 Å². The van der Waals surface area contributed by atoms with E-state index < -0.39 is 20.0 Å². The minimum Gasteiger partial charge on any atom is -0.383 e. The fraction of sp³-hybridized carbons (Fsp3) is 0.571. The molecule has 0 bridgehead atoms. The van der Waals surface area contributed by atoms with Gasteiger partial charge in [0.15, 0.2) is 0 Å². The highest BCUT2D eigenvalue weighted by molar-refractivity contribution is 7.90. The number of methoxy groups -OCH3 is 1. The van der Waals surface area contributed by atoms with Gasteiger partial charge in [-0.15, -0.1) is 12.4 Å². The SMILES string of the molecule is COCCNCCNS(=O)(=O)c1ccc(S(=O)(=O)NC2CC2)cc1.Cl. The highest BCUT2D eigenvalue weighted by Gasteiger charge is 2.28. The Hall–Kier alpha value is -0.750. The van der Waals surface area contributed by atoms with Gasteiger partial charge < -0.3 is 10.1 Å². The Labute approximate surface area is 155 Å². The molecular weight excluding hydrogens is 390 g/mol. The number of halogens is 1. The number of hydrogen-bond acceptors (Lipinski definition) is 6. The van der Waals surface area contributed by atoms with Crippen LogP contribution in [0.5, 0.6) is 0 Å². The predicted octanol–water partition coefficient (Wildman–Crippen LogP) is 0.0634. The monoisotopic (exact) mass is 413 g/mol. The standard InChI is InChI=1S/C14H23N3O5S2.ClH/c1-22-11-10-15-8-9-16-23(18,19)13-4-6-14(7-5-13)24(20,21)17-12-2-3-12;/h4-7,12,15-17H,2-3,8-11H2,1H3;1H. The third kappa shape index (κ3) is 7.18. The van der Waals surface area contributed by atoms with Gasteiger partial charge in [-0.25, -0.2) is 26.3 Å². The van der Waals surface area contributed by atoms with Crippen LogP contribution in [-0.2, 0) is 24.8 Å². The highest BCUT2D eigenvalue weighted by Crippen LogP contribution is 2.22. The fourth-order valence-electron chi connectivity index (χ4n) is 1.94. The van der Waals surface area contributed by atoms with Crippen LogP contribution in [0.25, 0.3) is 0 Å². The van der Waals surface area contributed by atoms with E-state index in [0.717, 1.165) is 12.8 Å². The molecule has 0 atom stereocenters. The summed E-state index contributed by atoms with van der Waals surface area (Å²) in [5, 5.41) is 3.02. The second-order valence-corrected chi connectivity index (χ2v) is 8.99. The smallest absolute Gasteiger partial charge is 0.240 e. The van der Waals surface area contributed by atoms with Gasteiger partial charge in [0.2, 0.25) is 20.0 Å². The van der Waals surface area contributed by atoms with E-state index in [1.165, 1.54) is 24.3 Å². The van der Waals surface area contributed by atoms with Crippen molar-refractivity contribution >= 4 is 32.5 Å². The maximum Gasteiger partial charge on any atom is 0.240 e. The zero-order valence-electron chi connectivity index (χ0n) is 13.9. The number of hydrogen-bond donors (Lipinski definition) is 3. The van der Waals surface area contributed by atoms with Crippen molar-refractivity contribution in [2.45, 2.75) is 28.7 Å². The first-order valence-corrected chi connectivity index (χ1v) is 10.6. The first kappa shape index (κ1) is 22.3. The van der Waals surface area contributed by atoms with E-state index in [2.05, 4.69) is 14.8 Å². The highest BCUT2D eigenvalue weighted by atomic mass is 35.5. The average Bonchev–Trinajstić information content (AvgIpc) is 3.34. The molecule has 25 heavy (non-hydrogen) atoms. The molecule has 1 aromatic rings. The summed E-state index contributed by atoms with van der Waals surface area (Å²) in [6, 6.07) is 5.20. The molecule has 11 heteroatoms. The molecule has 1 saturated carbocycles. The van der Waals surface area contributed by atoms with Crippen LogP contribution in [0.3, 0.4) is 0 Å². The molecule has 8 nitrogen and oxygen atoms in total. The van der Waals surface area contributed by atoms with E-state index in [0.29, 0.717) is 19.7 Å². The van der Waals surface area contributed by atoms with Gasteiger partial charge in [-0.05, 0) is 37.1 Å². The lowest BCUT2D eigenvalue weighted by Crippen LogP contribution is -2.33. The quantitative estimate of drug-likeness (QED) is 0.442. The summed E-state index contributed by atoms with van der Waals surface area (Å²) in [7, 11) is -5.65. The molecule has 0 radical (unpaired) electrons. The summed E-state index contributed by atoms with van der Waals surface area (Å²) in [6.07, 6.45) is 1.68. The number of benzene rings is 1. The average molecular weight is 414 g/mol. The van der Waals surface area contributed by atoms with Crippen molar-refractivity contribution in [3.8, 4) is 0 Å². The first-order chi connectivity index (χ1) is 11.3. The predicted molar refractivity (Wildman–Crippen MR) is 97.0 cm³/mol. The zero-order valence-corrected chi connectivity index (χ0v) is 16.3. The molecule has 1 aromatic carbocycles. The van der Waals surface area contributed by atoms with E-state index in [1.807, 2.05) is 0 Å². The van der Waals surface area contributed by atoms with Crippen LogP contribution in [0.4, 0.5) is 0 Å². The van der Waals surface area contributed by atoms with Crippen LogP contribution in [0.15, 0.2) is 34.1 Å². The number of sulfonamides is 2. The maximum absolute atomic E-state index is 12.1. The molecule has 144 valence electrons. The number of rotatable bonds is 11. The third-order valence-corrected chi connectivity index (χ3v) is 6.43. The van der Waals surface area contributed by atoms with Crippen molar-refractivity contribution in [3.63, 3.8) is 0 Å². The molecule has 2 rings (SSSR count). The summed E-state index contributed by atoms with van der Waals surface area (Å²) in [4.78, 5) is 0.0966. The number of nitrogens with one attached hydrogen (secondary N) is 3. The summed E-state index contributed by atoms with van der Waals surface area (Å²) in [6.45, 7) is 1.89. The second-order valence-electron chi connectivity index (χ2n) is 5.51. The van der Waals surface area contributed by atoms with Gasteiger partial charge in [0.1, 0.15) is 0 Å². The van der Waals surface area contributed by atoms with E-state index in [4.69, 9.17) is 4.74 Å². The molecule has 1 aliphatic carbocycles. The second kappa shape index (κ2) is 9.81. The minimum atomic E-state index is -3.66. The summed E-state index contributed by atoms with van der Waals surface area (Å²) in [5.41, 5.74) is 0. The molecule has 3 N–H and O–H groups in total. The maximum atomic E-state index is 12.1. The normalized spacial score (nSPS) is 14.9. The van der Waals surface area contributed by atoms with Gasteiger partial charge in [0.05, 0.1) is 16.4 Å². The van der Waals surface area contributed by atoms with Crippen molar-refractivity contribution in [1.82, 2.24) is 14.8 Å². The molecule has 0 amide bonds. The molecule has 0 aliphatic heterocycles. The fourth-order valence-corrected chi connectivity index (χ4v) is 4.28. The van der Waals surface area contributed by atoms with E-state index >= 15 is 0 Å². The molecular formula is C14H24ClN3O5S2. The van der Waals surface area contributed by atoms with Crippen molar-refractivity contribution in [1.29, 1.82) is 0 Å². The van der Waals surface area contributed by atoms with Gasteiger partial charge in [-0.2, -0.15) is 0 Å². The summed E-state index contributed by atoms with van der Waals surface area (Å²) < 4.78 is 58.3. The van der Waals surface area contributed by atoms with E-state index in [9.17, 15) is 16.8 Å². The van der Waals surface area contributed by atoms with Crippen LogP contribution >= 0.6 is 12.4 Å². The van der Waals surface area contributed by atoms with Gasteiger partial charge in [-0.1, -0.05) is 0 Å². The molecule has 0 spiro atoms. The summed E-state index contributed by atoms with van der Waals surface area (Å²) >= 11 is 0. The Kier molecular flexibility index (Phi) is 8.75. The lowest BCUT2D eigenvalue weighted by atomic mass is 10.4. The van der Waals surface area contributed by atoms with Gasteiger partial charge in [0, 0.05) is 32.8 Å².